The highest BCUT2D eigenvalue weighted by molar-refractivity contribution is 6.31. The molecular formula is C15H22Cl2N2O. The number of amides is 1. The first-order chi connectivity index (χ1) is 9.07. The maximum atomic E-state index is 12.8. The minimum Gasteiger partial charge on any atom is -0.329 e. The van der Waals surface area contributed by atoms with E-state index < -0.39 is 5.41 Å². The second-order valence-corrected chi connectivity index (χ2v) is 5.61. The third-order valence-corrected chi connectivity index (χ3v) is 4.62. The van der Waals surface area contributed by atoms with E-state index in [1.165, 1.54) is 5.56 Å². The first-order valence-corrected chi connectivity index (χ1v) is 7.26. The Morgan fingerprint density at radius 3 is 2.60 bits per heavy atom. The van der Waals surface area contributed by atoms with E-state index in [4.69, 9.17) is 17.3 Å². The fraction of sp³-hybridized carbons (Fsp3) is 0.533. The van der Waals surface area contributed by atoms with Crippen LogP contribution >= 0.6 is 24.0 Å². The molecule has 3 nitrogen and oxygen atoms in total. The van der Waals surface area contributed by atoms with Crippen molar-refractivity contribution >= 4 is 35.6 Å². The molecule has 1 aromatic carbocycles. The van der Waals surface area contributed by atoms with E-state index in [0.29, 0.717) is 11.6 Å². The van der Waals surface area contributed by atoms with Gasteiger partial charge in [0.25, 0.3) is 0 Å². The van der Waals surface area contributed by atoms with Gasteiger partial charge in [0.1, 0.15) is 0 Å². The molecule has 1 heterocycles. The molecule has 1 aliphatic rings. The van der Waals surface area contributed by atoms with Crippen LogP contribution in [0.5, 0.6) is 0 Å². The Bertz CT molecular complexity index is 478. The maximum Gasteiger partial charge on any atom is 0.234 e. The van der Waals surface area contributed by atoms with Crippen LogP contribution in [0.3, 0.4) is 0 Å². The van der Waals surface area contributed by atoms with Gasteiger partial charge in [0, 0.05) is 23.8 Å². The highest BCUT2D eigenvalue weighted by Gasteiger charge is 2.39. The van der Waals surface area contributed by atoms with Crippen molar-refractivity contribution in [3.63, 3.8) is 0 Å². The van der Waals surface area contributed by atoms with Crippen molar-refractivity contribution in [2.45, 2.75) is 33.1 Å². The van der Waals surface area contributed by atoms with Gasteiger partial charge in [-0.05, 0) is 37.0 Å². The van der Waals surface area contributed by atoms with Crippen LogP contribution in [0.4, 0.5) is 5.69 Å². The average Bonchev–Trinajstić information content (AvgIpc) is 2.84. The SMILES string of the molecule is CCC(CC)(CN)C(=O)N1CCc2ccc(Cl)cc21.Cl. The lowest BCUT2D eigenvalue weighted by atomic mass is 9.81. The van der Waals surface area contributed by atoms with Crippen molar-refractivity contribution in [2.75, 3.05) is 18.0 Å². The molecule has 0 spiro atoms. The van der Waals surface area contributed by atoms with Crippen LogP contribution in [0.15, 0.2) is 18.2 Å². The minimum absolute atomic E-state index is 0. The van der Waals surface area contributed by atoms with Crippen molar-refractivity contribution in [1.82, 2.24) is 0 Å². The van der Waals surface area contributed by atoms with Crippen LogP contribution in [0, 0.1) is 5.41 Å². The standard InChI is InChI=1S/C15H21ClN2O.ClH/c1-3-15(4-2,10-17)14(19)18-8-7-11-5-6-12(16)9-13(11)18;/h5-6,9H,3-4,7-8,10,17H2,1-2H3;1H. The number of hydrogen-bond acceptors (Lipinski definition) is 2. The van der Waals surface area contributed by atoms with Gasteiger partial charge in [-0.15, -0.1) is 12.4 Å². The summed E-state index contributed by atoms with van der Waals surface area (Å²) in [4.78, 5) is 14.7. The van der Waals surface area contributed by atoms with Gasteiger partial charge in [-0.3, -0.25) is 4.79 Å². The molecule has 0 aromatic heterocycles. The summed E-state index contributed by atoms with van der Waals surface area (Å²) in [6.07, 6.45) is 2.43. The zero-order valence-corrected chi connectivity index (χ0v) is 13.6. The van der Waals surface area contributed by atoms with E-state index in [9.17, 15) is 4.79 Å². The number of nitrogens with two attached hydrogens (primary N) is 1. The molecule has 1 amide bonds. The lowest BCUT2D eigenvalue weighted by Crippen LogP contribution is -2.47. The van der Waals surface area contributed by atoms with Crippen molar-refractivity contribution in [2.24, 2.45) is 11.1 Å². The normalized spacial score (nSPS) is 13.9. The van der Waals surface area contributed by atoms with Gasteiger partial charge in [0.2, 0.25) is 5.91 Å². The zero-order chi connectivity index (χ0) is 14.0. The Kier molecular flexibility index (Phi) is 5.87. The highest BCUT2D eigenvalue weighted by atomic mass is 35.5. The number of halogens is 2. The fourth-order valence-corrected chi connectivity index (χ4v) is 2.94. The third kappa shape index (κ3) is 2.80. The smallest absolute Gasteiger partial charge is 0.234 e. The third-order valence-electron chi connectivity index (χ3n) is 4.39. The van der Waals surface area contributed by atoms with E-state index in [-0.39, 0.29) is 18.3 Å². The number of carbonyl (C=O) groups excluding carboxylic acids is 1. The zero-order valence-electron chi connectivity index (χ0n) is 12.0. The van der Waals surface area contributed by atoms with Gasteiger partial charge < -0.3 is 10.6 Å². The second kappa shape index (κ2) is 6.79. The Balaban J connectivity index is 0.00000200. The summed E-state index contributed by atoms with van der Waals surface area (Å²) >= 11 is 6.05. The maximum absolute atomic E-state index is 12.8. The predicted molar refractivity (Wildman–Crippen MR) is 86.8 cm³/mol. The van der Waals surface area contributed by atoms with Crippen molar-refractivity contribution in [1.29, 1.82) is 0 Å². The number of fused-ring (bicyclic) bond motifs is 1. The molecule has 0 saturated heterocycles. The quantitative estimate of drug-likeness (QED) is 0.925. The fourth-order valence-electron chi connectivity index (χ4n) is 2.78. The van der Waals surface area contributed by atoms with Crippen molar-refractivity contribution < 1.29 is 4.79 Å². The largest absolute Gasteiger partial charge is 0.329 e. The Hall–Kier alpha value is -0.770. The number of nitrogens with zero attached hydrogens (tertiary/aromatic N) is 1. The molecule has 0 fully saturated rings. The molecular weight excluding hydrogens is 295 g/mol. The average molecular weight is 317 g/mol. The van der Waals surface area contributed by atoms with Gasteiger partial charge in [0.15, 0.2) is 0 Å². The van der Waals surface area contributed by atoms with E-state index in [2.05, 4.69) is 0 Å². The van der Waals surface area contributed by atoms with Crippen LogP contribution in [-0.2, 0) is 11.2 Å². The highest BCUT2D eigenvalue weighted by Crippen LogP contribution is 2.36. The number of hydrogen-bond donors (Lipinski definition) is 1. The van der Waals surface area contributed by atoms with Gasteiger partial charge >= 0.3 is 0 Å². The molecule has 5 heteroatoms. The molecule has 0 aliphatic carbocycles. The Morgan fingerprint density at radius 2 is 2.05 bits per heavy atom. The van der Waals surface area contributed by atoms with E-state index in [1.807, 2.05) is 36.9 Å². The van der Waals surface area contributed by atoms with Gasteiger partial charge in [-0.25, -0.2) is 0 Å². The van der Waals surface area contributed by atoms with E-state index in [1.54, 1.807) is 0 Å². The first-order valence-electron chi connectivity index (χ1n) is 6.88. The van der Waals surface area contributed by atoms with Crippen LogP contribution in [0.25, 0.3) is 0 Å². The van der Waals surface area contributed by atoms with Crippen molar-refractivity contribution in [3.8, 4) is 0 Å². The molecule has 112 valence electrons. The summed E-state index contributed by atoms with van der Waals surface area (Å²) in [5.41, 5.74) is 7.58. The molecule has 0 radical (unpaired) electrons. The first kappa shape index (κ1) is 17.3. The summed E-state index contributed by atoms with van der Waals surface area (Å²) < 4.78 is 0. The molecule has 0 unspecified atom stereocenters. The number of anilines is 1. The molecule has 2 N–H and O–H groups in total. The summed E-state index contributed by atoms with van der Waals surface area (Å²) in [6, 6.07) is 5.77. The van der Waals surface area contributed by atoms with Crippen LogP contribution < -0.4 is 10.6 Å². The number of carbonyl (C=O) groups is 1. The van der Waals surface area contributed by atoms with Crippen molar-refractivity contribution in [3.05, 3.63) is 28.8 Å². The summed E-state index contributed by atoms with van der Waals surface area (Å²) in [7, 11) is 0. The molecule has 0 saturated carbocycles. The molecule has 20 heavy (non-hydrogen) atoms. The minimum atomic E-state index is -0.441. The van der Waals surface area contributed by atoms with Crippen LogP contribution in [0.1, 0.15) is 32.3 Å². The van der Waals surface area contributed by atoms with Crippen LogP contribution in [-0.4, -0.2) is 19.0 Å². The summed E-state index contributed by atoms with van der Waals surface area (Å²) in [5.74, 6) is 0.140. The molecule has 1 aromatic rings. The second-order valence-electron chi connectivity index (χ2n) is 5.17. The Labute approximate surface area is 131 Å². The monoisotopic (exact) mass is 316 g/mol. The predicted octanol–water partition coefficient (Wildman–Crippen LogP) is 3.42. The molecule has 0 bridgehead atoms. The lowest BCUT2D eigenvalue weighted by molar-refractivity contribution is -0.128. The number of benzene rings is 1. The lowest BCUT2D eigenvalue weighted by Gasteiger charge is -2.33. The van der Waals surface area contributed by atoms with Gasteiger partial charge in [0.05, 0.1) is 5.41 Å². The molecule has 0 atom stereocenters. The molecule has 2 rings (SSSR count). The summed E-state index contributed by atoms with van der Waals surface area (Å²) in [6.45, 7) is 5.19. The molecule has 1 aliphatic heterocycles. The van der Waals surface area contributed by atoms with Crippen LogP contribution in [0.2, 0.25) is 5.02 Å². The Morgan fingerprint density at radius 1 is 1.40 bits per heavy atom. The van der Waals surface area contributed by atoms with E-state index in [0.717, 1.165) is 31.5 Å². The summed E-state index contributed by atoms with van der Waals surface area (Å²) in [5, 5.41) is 0.671. The van der Waals surface area contributed by atoms with Gasteiger partial charge in [-0.2, -0.15) is 0 Å². The number of rotatable bonds is 4. The van der Waals surface area contributed by atoms with Gasteiger partial charge in [-0.1, -0.05) is 31.5 Å². The topological polar surface area (TPSA) is 46.3 Å². The van der Waals surface area contributed by atoms with E-state index >= 15 is 0 Å².